The Bertz CT molecular complexity index is 686. The molecule has 0 aromatic carbocycles. The van der Waals surface area contributed by atoms with E-state index in [4.69, 9.17) is 0 Å². The van der Waals surface area contributed by atoms with Gasteiger partial charge in [0.15, 0.2) is 0 Å². The van der Waals surface area contributed by atoms with Crippen LogP contribution in [0.15, 0.2) is 23.1 Å². The lowest BCUT2D eigenvalue weighted by atomic mass is 9.90. The van der Waals surface area contributed by atoms with E-state index in [0.717, 1.165) is 18.5 Å². The van der Waals surface area contributed by atoms with Gasteiger partial charge in [-0.25, -0.2) is 4.98 Å². The van der Waals surface area contributed by atoms with Gasteiger partial charge < -0.3 is 15.1 Å². The Balaban J connectivity index is 2.07. The lowest BCUT2D eigenvalue weighted by molar-refractivity contribution is -0.139. The first-order valence-electron chi connectivity index (χ1n) is 6.16. The van der Waals surface area contributed by atoms with Crippen LogP contribution in [-0.2, 0) is 11.2 Å². The summed E-state index contributed by atoms with van der Waals surface area (Å²) in [6, 6.07) is 3.18. The first-order chi connectivity index (χ1) is 9.15. The molecule has 6 heteroatoms. The van der Waals surface area contributed by atoms with Crippen molar-refractivity contribution < 1.29 is 9.90 Å². The lowest BCUT2D eigenvalue weighted by Gasteiger charge is -2.16. The van der Waals surface area contributed by atoms with Crippen LogP contribution in [-0.4, -0.2) is 26.0 Å². The number of fused-ring (bicyclic) bond motifs is 1. The molecular weight excluding hydrogens is 246 g/mol. The molecule has 0 bridgehead atoms. The number of aryl methyl sites for hydroxylation is 1. The average molecular weight is 259 g/mol. The van der Waals surface area contributed by atoms with Gasteiger partial charge in [0.05, 0.1) is 5.69 Å². The summed E-state index contributed by atoms with van der Waals surface area (Å²) < 4.78 is 0. The number of H-pyrrole nitrogens is 2. The molecule has 3 rings (SSSR count). The van der Waals surface area contributed by atoms with Gasteiger partial charge in [0.1, 0.15) is 11.7 Å². The zero-order chi connectivity index (χ0) is 13.4. The Morgan fingerprint density at radius 2 is 2.32 bits per heavy atom. The molecule has 0 amide bonds. The summed E-state index contributed by atoms with van der Waals surface area (Å²) in [4.78, 5) is 32.5. The monoisotopic (exact) mass is 259 g/mol. The molecule has 1 atom stereocenters. The topological polar surface area (TPSA) is 98.8 Å². The standard InChI is InChI=1S/C13H13N3O3/c17-10-6-7(4-5-14-10)12-15-9-3-1-2-8(13(18)19)11(9)16-12/h4-6,8H,1-3H2,(H,14,17)(H,15,16)(H,18,19). The zero-order valence-electron chi connectivity index (χ0n) is 10.1. The second-order valence-corrected chi connectivity index (χ2v) is 4.67. The Labute approximate surface area is 108 Å². The number of aliphatic carboxylic acids is 1. The summed E-state index contributed by atoms with van der Waals surface area (Å²) >= 11 is 0. The van der Waals surface area contributed by atoms with Crippen molar-refractivity contribution in [2.24, 2.45) is 0 Å². The second-order valence-electron chi connectivity index (χ2n) is 4.67. The van der Waals surface area contributed by atoms with Crippen LogP contribution in [0.1, 0.15) is 30.1 Å². The number of hydrogen-bond donors (Lipinski definition) is 3. The number of carboxylic acid groups (broad SMARTS) is 1. The summed E-state index contributed by atoms with van der Waals surface area (Å²) in [6.45, 7) is 0. The molecule has 0 spiro atoms. The van der Waals surface area contributed by atoms with Crippen molar-refractivity contribution in [1.29, 1.82) is 0 Å². The molecule has 3 N–H and O–H groups in total. The highest BCUT2D eigenvalue weighted by Crippen LogP contribution is 2.32. The molecule has 2 aromatic rings. The predicted octanol–water partition coefficient (Wildman–Crippen LogP) is 1.27. The van der Waals surface area contributed by atoms with E-state index in [0.29, 0.717) is 23.5 Å². The first-order valence-corrected chi connectivity index (χ1v) is 6.16. The fourth-order valence-corrected chi connectivity index (χ4v) is 2.49. The quantitative estimate of drug-likeness (QED) is 0.756. The van der Waals surface area contributed by atoms with Gasteiger partial charge in [-0.05, 0) is 25.3 Å². The first kappa shape index (κ1) is 11.7. The normalized spacial score (nSPS) is 18.0. The highest BCUT2D eigenvalue weighted by molar-refractivity contribution is 5.76. The molecule has 1 unspecified atom stereocenters. The predicted molar refractivity (Wildman–Crippen MR) is 68.0 cm³/mol. The van der Waals surface area contributed by atoms with Crippen molar-refractivity contribution in [1.82, 2.24) is 15.0 Å². The molecule has 1 aliphatic carbocycles. The molecular formula is C13H13N3O3. The molecule has 2 aromatic heterocycles. The fraction of sp³-hybridized carbons (Fsp3) is 0.308. The van der Waals surface area contributed by atoms with E-state index in [9.17, 15) is 14.7 Å². The number of nitrogens with one attached hydrogen (secondary N) is 2. The summed E-state index contributed by atoms with van der Waals surface area (Å²) in [5, 5.41) is 9.20. The number of hydrogen-bond acceptors (Lipinski definition) is 3. The fourth-order valence-electron chi connectivity index (χ4n) is 2.49. The van der Waals surface area contributed by atoms with Crippen molar-refractivity contribution in [3.8, 4) is 11.4 Å². The second kappa shape index (κ2) is 4.38. The number of aromatic amines is 2. The molecule has 0 aliphatic heterocycles. The molecule has 0 radical (unpaired) electrons. The number of imidazole rings is 1. The summed E-state index contributed by atoms with van der Waals surface area (Å²) in [7, 11) is 0. The minimum Gasteiger partial charge on any atom is -0.481 e. The van der Waals surface area contributed by atoms with Crippen LogP contribution in [0.4, 0.5) is 0 Å². The van der Waals surface area contributed by atoms with Crippen LogP contribution in [0.2, 0.25) is 0 Å². The van der Waals surface area contributed by atoms with Crippen LogP contribution < -0.4 is 5.56 Å². The van der Waals surface area contributed by atoms with Crippen LogP contribution >= 0.6 is 0 Å². The van der Waals surface area contributed by atoms with Crippen LogP contribution in [0, 0.1) is 0 Å². The van der Waals surface area contributed by atoms with Crippen molar-refractivity contribution in [2.45, 2.75) is 25.2 Å². The molecule has 0 saturated carbocycles. The molecule has 6 nitrogen and oxygen atoms in total. The van der Waals surface area contributed by atoms with Crippen molar-refractivity contribution in [2.75, 3.05) is 0 Å². The van der Waals surface area contributed by atoms with Gasteiger partial charge in [-0.15, -0.1) is 0 Å². The number of rotatable bonds is 2. The maximum Gasteiger partial charge on any atom is 0.312 e. The minimum atomic E-state index is -0.843. The Morgan fingerprint density at radius 3 is 3.05 bits per heavy atom. The molecule has 2 heterocycles. The molecule has 1 aliphatic rings. The van der Waals surface area contributed by atoms with Gasteiger partial charge in [0.25, 0.3) is 0 Å². The van der Waals surface area contributed by atoms with E-state index in [1.807, 2.05) is 0 Å². The number of carboxylic acids is 1. The zero-order valence-corrected chi connectivity index (χ0v) is 10.1. The molecule has 98 valence electrons. The van der Waals surface area contributed by atoms with E-state index in [1.54, 1.807) is 12.3 Å². The SMILES string of the molecule is O=C(O)C1CCCc2[nH]c(-c3cc[nH]c(=O)c3)nc21. The lowest BCUT2D eigenvalue weighted by Crippen LogP contribution is -2.17. The van der Waals surface area contributed by atoms with Crippen LogP contribution in [0.25, 0.3) is 11.4 Å². The number of aromatic nitrogens is 3. The van der Waals surface area contributed by atoms with Gasteiger partial charge in [-0.2, -0.15) is 0 Å². The highest BCUT2D eigenvalue weighted by atomic mass is 16.4. The third-order valence-electron chi connectivity index (χ3n) is 3.41. The van der Waals surface area contributed by atoms with Crippen LogP contribution in [0.3, 0.4) is 0 Å². The van der Waals surface area contributed by atoms with E-state index in [1.165, 1.54) is 6.07 Å². The van der Waals surface area contributed by atoms with Crippen molar-refractivity contribution >= 4 is 5.97 Å². The molecule has 0 saturated heterocycles. The van der Waals surface area contributed by atoms with Crippen LogP contribution in [0.5, 0.6) is 0 Å². The maximum atomic E-state index is 11.3. The van der Waals surface area contributed by atoms with Crippen molar-refractivity contribution in [3.63, 3.8) is 0 Å². The number of pyridine rings is 1. The van der Waals surface area contributed by atoms with E-state index >= 15 is 0 Å². The Morgan fingerprint density at radius 1 is 1.47 bits per heavy atom. The number of nitrogens with zero attached hydrogens (tertiary/aromatic N) is 1. The number of carbonyl (C=O) groups is 1. The van der Waals surface area contributed by atoms with E-state index in [2.05, 4.69) is 15.0 Å². The summed E-state index contributed by atoms with van der Waals surface area (Å²) in [6.07, 6.45) is 3.80. The van der Waals surface area contributed by atoms with E-state index < -0.39 is 11.9 Å². The summed E-state index contributed by atoms with van der Waals surface area (Å²) in [5.74, 6) is -0.829. The van der Waals surface area contributed by atoms with Gasteiger partial charge in [-0.1, -0.05) is 0 Å². The summed E-state index contributed by atoms with van der Waals surface area (Å²) in [5.41, 5.74) is 1.94. The third-order valence-corrected chi connectivity index (χ3v) is 3.41. The Hall–Kier alpha value is -2.37. The van der Waals surface area contributed by atoms with Gasteiger partial charge >= 0.3 is 5.97 Å². The average Bonchev–Trinajstić information content (AvgIpc) is 2.82. The molecule has 19 heavy (non-hydrogen) atoms. The van der Waals surface area contributed by atoms with Gasteiger partial charge in [-0.3, -0.25) is 9.59 Å². The maximum absolute atomic E-state index is 11.3. The highest BCUT2D eigenvalue weighted by Gasteiger charge is 2.29. The third kappa shape index (κ3) is 2.05. The Kier molecular flexibility index (Phi) is 2.70. The largest absolute Gasteiger partial charge is 0.481 e. The van der Waals surface area contributed by atoms with Crippen molar-refractivity contribution in [3.05, 3.63) is 40.1 Å². The van der Waals surface area contributed by atoms with Gasteiger partial charge in [0, 0.05) is 23.5 Å². The smallest absolute Gasteiger partial charge is 0.312 e. The van der Waals surface area contributed by atoms with E-state index in [-0.39, 0.29) is 5.56 Å². The molecule has 0 fully saturated rings. The minimum absolute atomic E-state index is 0.207. The van der Waals surface area contributed by atoms with Gasteiger partial charge in [0.2, 0.25) is 5.56 Å².